The van der Waals surface area contributed by atoms with Gasteiger partial charge in [-0.05, 0) is 0 Å². The summed E-state index contributed by atoms with van der Waals surface area (Å²) >= 11 is 0. The highest BCUT2D eigenvalue weighted by molar-refractivity contribution is 7.48. The Bertz CT molecular complexity index is 1960. The molecule has 4 aromatic rings. The average molecular weight is 692 g/mol. The summed E-state index contributed by atoms with van der Waals surface area (Å²) in [6.07, 6.45) is -11.1. The first kappa shape index (κ1) is 31.1. The van der Waals surface area contributed by atoms with E-state index in [1.807, 2.05) is 0 Å². The number of rotatable bonds is 3. The van der Waals surface area contributed by atoms with Crippen molar-refractivity contribution in [2.45, 2.75) is 49.2 Å². The molecular weight excluding hydrogens is 668 g/mol. The van der Waals surface area contributed by atoms with Gasteiger partial charge in [-0.3, -0.25) is 41.5 Å². The molecule has 0 aromatic carbocycles. The van der Waals surface area contributed by atoms with Crippen LogP contribution in [0.1, 0.15) is 12.5 Å². The summed E-state index contributed by atoms with van der Waals surface area (Å²) in [4.78, 5) is 45.0. The maximum absolute atomic E-state index is 16.0. The molecule has 248 valence electrons. The van der Waals surface area contributed by atoms with Crippen LogP contribution < -0.4 is 17.0 Å². The third-order valence-electron chi connectivity index (χ3n) is 7.45. The molecule has 2 bridgehead atoms. The second kappa shape index (κ2) is 11.3. The first-order valence-corrected chi connectivity index (χ1v) is 16.2. The van der Waals surface area contributed by atoms with Gasteiger partial charge in [-0.2, -0.15) is 4.98 Å². The summed E-state index contributed by atoms with van der Waals surface area (Å²) in [5, 5.41) is 0. The van der Waals surface area contributed by atoms with Crippen LogP contribution in [0, 0.1) is 0 Å². The highest BCUT2D eigenvalue weighted by Gasteiger charge is 2.55. The van der Waals surface area contributed by atoms with Gasteiger partial charge in [-0.15, -0.1) is 0 Å². The van der Waals surface area contributed by atoms with Crippen LogP contribution in [0.2, 0.25) is 0 Å². The van der Waals surface area contributed by atoms with E-state index in [0.29, 0.717) is 0 Å². The Morgan fingerprint density at radius 1 is 0.935 bits per heavy atom. The molecule has 3 fully saturated rings. The van der Waals surface area contributed by atoms with Gasteiger partial charge in [0.1, 0.15) is 36.3 Å². The summed E-state index contributed by atoms with van der Waals surface area (Å²) in [5.41, 5.74) is 10.6. The van der Waals surface area contributed by atoms with Crippen molar-refractivity contribution in [2.24, 2.45) is 0 Å². The minimum absolute atomic E-state index is 0.00166. The second-order valence-corrected chi connectivity index (χ2v) is 13.3. The molecule has 25 heteroatoms. The van der Waals surface area contributed by atoms with Gasteiger partial charge in [0, 0.05) is 7.11 Å². The predicted molar refractivity (Wildman–Crippen MR) is 146 cm³/mol. The molecule has 7 rings (SSSR count). The van der Waals surface area contributed by atoms with Gasteiger partial charge in [-0.1, -0.05) is 0 Å². The molecule has 10 atom stereocenters. The Hall–Kier alpha value is -3.50. The maximum atomic E-state index is 16.0. The summed E-state index contributed by atoms with van der Waals surface area (Å²) in [7, 11) is -8.97. The smallest absolute Gasteiger partial charge is 0.382 e. The van der Waals surface area contributed by atoms with Gasteiger partial charge in [-0.25, -0.2) is 37.8 Å². The number of nitrogens with zero attached hydrogens (tertiary/aromatic N) is 7. The number of fused-ring (bicyclic) bond motifs is 5. The predicted octanol–water partition coefficient (Wildman–Crippen LogP) is 0.267. The first-order valence-electron chi connectivity index (χ1n) is 13.3. The summed E-state index contributed by atoms with van der Waals surface area (Å²) in [5.74, 6) is -0.296. The average Bonchev–Trinajstić information content (AvgIpc) is 3.77. The van der Waals surface area contributed by atoms with Crippen LogP contribution in [0.25, 0.3) is 22.3 Å². The fourth-order valence-electron chi connectivity index (χ4n) is 5.32. The van der Waals surface area contributed by atoms with Gasteiger partial charge >= 0.3 is 15.6 Å². The van der Waals surface area contributed by atoms with Gasteiger partial charge < -0.3 is 25.8 Å². The number of ether oxygens (including phenoxy) is 2. The van der Waals surface area contributed by atoms with E-state index in [-0.39, 0.29) is 34.1 Å². The lowest BCUT2D eigenvalue weighted by atomic mass is 10.1. The van der Waals surface area contributed by atoms with Gasteiger partial charge in [0.15, 0.2) is 47.4 Å². The molecule has 6 N–H and O–H groups in total. The van der Waals surface area contributed by atoms with Crippen LogP contribution in [0.5, 0.6) is 0 Å². The van der Waals surface area contributed by atoms with Crippen molar-refractivity contribution < 1.29 is 54.9 Å². The number of hydrogen-bond acceptors (Lipinski definition) is 17. The molecule has 0 saturated carbocycles. The topological polar surface area (TPSA) is 278 Å². The quantitative estimate of drug-likeness (QED) is 0.210. The monoisotopic (exact) mass is 692 g/mol. The van der Waals surface area contributed by atoms with Crippen molar-refractivity contribution >= 4 is 49.7 Å². The number of aromatic amines is 1. The van der Waals surface area contributed by atoms with Gasteiger partial charge in [0.05, 0.1) is 25.9 Å². The Kier molecular flexibility index (Phi) is 7.67. The van der Waals surface area contributed by atoms with Crippen LogP contribution in [0.15, 0.2) is 23.8 Å². The van der Waals surface area contributed by atoms with Crippen molar-refractivity contribution in [3.8, 4) is 0 Å². The Morgan fingerprint density at radius 2 is 1.63 bits per heavy atom. The zero-order valence-electron chi connectivity index (χ0n) is 23.2. The van der Waals surface area contributed by atoms with Crippen LogP contribution in [-0.4, -0.2) is 101 Å². The third-order valence-corrected chi connectivity index (χ3v) is 9.84. The number of imidazole rings is 2. The molecule has 4 aromatic heterocycles. The number of halogens is 2. The number of nitrogens with two attached hydrogens (primary N) is 2. The van der Waals surface area contributed by atoms with Crippen molar-refractivity contribution in [3.63, 3.8) is 0 Å². The van der Waals surface area contributed by atoms with Crippen LogP contribution in [0.3, 0.4) is 0 Å². The Morgan fingerprint density at radius 3 is 2.39 bits per heavy atom. The zero-order chi connectivity index (χ0) is 32.5. The minimum Gasteiger partial charge on any atom is -0.382 e. The number of nitrogen functional groups attached to an aromatic ring is 2. The van der Waals surface area contributed by atoms with E-state index in [0.717, 1.165) is 35.2 Å². The molecule has 7 heterocycles. The Labute approximate surface area is 254 Å². The molecule has 3 unspecified atom stereocenters. The van der Waals surface area contributed by atoms with Gasteiger partial charge in [0.25, 0.3) is 5.56 Å². The van der Waals surface area contributed by atoms with Crippen LogP contribution in [0.4, 0.5) is 20.5 Å². The van der Waals surface area contributed by atoms with Gasteiger partial charge in [0.2, 0.25) is 5.95 Å². The third kappa shape index (κ3) is 5.27. The standard InChI is InChI=1S/C21H24F2N10O11P2/c1-38-46(37)40-3-8-13(10(23)19(42-8)32-5-28-11-15(24)26-4-27-16(11)32)43-45(35,36)39-2-7-9(22)14(44-46)20(41-7)33-6-29-12-17(33)30-21(25)31-18(12)34/h4-10,13-14,19-20H,2-3H2,1H3,(H,35,36)(H2,24,26,27)(H3,25,30,31,34)/t7-,8?,9-,10-,13-,14-,19-,20-,46?/m1/s1. The summed E-state index contributed by atoms with van der Waals surface area (Å²) in [6.45, 7) is -1.76. The Balaban J connectivity index is 1.22. The van der Waals surface area contributed by atoms with E-state index in [1.165, 1.54) is 0 Å². The van der Waals surface area contributed by atoms with E-state index in [9.17, 15) is 18.8 Å². The molecule has 0 aliphatic carbocycles. The highest BCUT2D eigenvalue weighted by Crippen LogP contribution is 2.56. The first-order chi connectivity index (χ1) is 21.9. The number of phosphoric acid groups is 2. The van der Waals surface area contributed by atoms with E-state index in [2.05, 4.69) is 29.9 Å². The van der Waals surface area contributed by atoms with Crippen LogP contribution >= 0.6 is 15.6 Å². The molecule has 0 spiro atoms. The van der Waals surface area contributed by atoms with E-state index in [1.54, 1.807) is 0 Å². The normalized spacial score (nSPS) is 37.1. The van der Waals surface area contributed by atoms with E-state index < -0.39 is 83.6 Å². The number of alkyl halides is 2. The maximum Gasteiger partial charge on any atom is 0.475 e. The highest BCUT2D eigenvalue weighted by atomic mass is 31.2. The second-order valence-electron chi connectivity index (χ2n) is 10.2. The van der Waals surface area contributed by atoms with Crippen LogP contribution in [-0.2, 0) is 41.2 Å². The molecule has 0 radical (unpaired) electrons. The molecular formula is C21H24F2N10O11P2. The van der Waals surface area contributed by atoms with Crippen molar-refractivity contribution in [3.05, 3.63) is 29.3 Å². The zero-order valence-corrected chi connectivity index (χ0v) is 25.0. The van der Waals surface area contributed by atoms with Crippen molar-refractivity contribution in [1.82, 2.24) is 39.0 Å². The SMILES string of the molecule is COP1(=O)OCC2O[C@@H](n3cnc4c(N)ncnc43)[C@H](F)[C@@H]2OP(=O)(O)OC[C@H]2O[C@@H](n3cnc4c(=O)[nH]c(N)nc43)[C@H](O1)[C@@H]2F. The minimum atomic E-state index is -5.18. The lowest BCUT2D eigenvalue weighted by Crippen LogP contribution is -2.34. The van der Waals surface area contributed by atoms with Crippen molar-refractivity contribution in [1.29, 1.82) is 0 Å². The molecule has 46 heavy (non-hydrogen) atoms. The van der Waals surface area contributed by atoms with E-state index >= 15 is 8.78 Å². The summed E-state index contributed by atoms with van der Waals surface area (Å²) in [6, 6.07) is 0. The van der Waals surface area contributed by atoms with Crippen molar-refractivity contribution in [2.75, 3.05) is 31.8 Å². The largest absolute Gasteiger partial charge is 0.475 e. The number of nitrogens with one attached hydrogen (secondary N) is 1. The molecule has 3 aliphatic rings. The molecule has 21 nitrogen and oxygen atoms in total. The molecule has 3 saturated heterocycles. The number of H-pyrrole nitrogens is 1. The lowest BCUT2D eigenvalue weighted by molar-refractivity contribution is -0.0681. The number of aromatic nitrogens is 8. The fourth-order valence-corrected chi connectivity index (χ4v) is 7.38. The molecule has 3 aliphatic heterocycles. The summed E-state index contributed by atoms with van der Waals surface area (Å²) < 4.78 is 98.4. The lowest BCUT2D eigenvalue weighted by Gasteiger charge is -2.26. The fraction of sp³-hybridized carbons (Fsp3) is 0.524. The number of hydrogen-bond donors (Lipinski definition) is 4. The molecule has 0 amide bonds. The van der Waals surface area contributed by atoms with E-state index in [4.69, 9.17) is 43.6 Å². The number of phosphoric ester groups is 2. The number of anilines is 2.